The zero-order chi connectivity index (χ0) is 11.4. The van der Waals surface area contributed by atoms with Gasteiger partial charge in [-0.1, -0.05) is 0 Å². The van der Waals surface area contributed by atoms with Crippen LogP contribution in [0.1, 0.15) is 12.0 Å². The molecule has 5 heteroatoms. The number of ether oxygens (including phenoxy) is 2. The van der Waals surface area contributed by atoms with Gasteiger partial charge in [0.05, 0.1) is 0 Å². The van der Waals surface area contributed by atoms with Crippen LogP contribution in [0.3, 0.4) is 0 Å². The predicted molar refractivity (Wildman–Crippen MR) is 59.6 cm³/mol. The summed E-state index contributed by atoms with van der Waals surface area (Å²) >= 11 is 0. The molecule has 0 saturated carbocycles. The fourth-order valence-corrected chi connectivity index (χ4v) is 1.57. The normalized spacial score (nSPS) is 13.1. The van der Waals surface area contributed by atoms with Gasteiger partial charge in [-0.2, -0.15) is 0 Å². The van der Waals surface area contributed by atoms with Crippen molar-refractivity contribution in [1.82, 2.24) is 5.32 Å². The number of hydrogen-bond donors (Lipinski definition) is 3. The Morgan fingerprint density at radius 3 is 2.81 bits per heavy atom. The van der Waals surface area contributed by atoms with Crippen molar-refractivity contribution >= 4 is 0 Å². The van der Waals surface area contributed by atoms with Crippen molar-refractivity contribution in [2.24, 2.45) is 5.73 Å². The molecule has 1 heterocycles. The number of fused-ring (bicyclic) bond motifs is 1. The van der Waals surface area contributed by atoms with Gasteiger partial charge < -0.3 is 25.6 Å². The maximum absolute atomic E-state index is 9.73. The Morgan fingerprint density at radius 2 is 2.06 bits per heavy atom. The summed E-state index contributed by atoms with van der Waals surface area (Å²) in [5, 5.41) is 12.9. The summed E-state index contributed by atoms with van der Waals surface area (Å²) in [6.07, 6.45) is 0.922. The first-order valence-corrected chi connectivity index (χ1v) is 5.33. The smallest absolute Gasteiger partial charge is 0.231 e. The van der Waals surface area contributed by atoms with Crippen molar-refractivity contribution < 1.29 is 14.6 Å². The van der Waals surface area contributed by atoms with E-state index >= 15 is 0 Å². The second kappa shape index (κ2) is 5.05. The fourth-order valence-electron chi connectivity index (χ4n) is 1.57. The zero-order valence-electron chi connectivity index (χ0n) is 9.03. The first-order chi connectivity index (χ1) is 7.81. The van der Waals surface area contributed by atoms with E-state index in [-0.39, 0.29) is 12.5 Å². The van der Waals surface area contributed by atoms with Gasteiger partial charge in [0.1, 0.15) is 5.75 Å². The van der Waals surface area contributed by atoms with Gasteiger partial charge in [-0.15, -0.1) is 0 Å². The quantitative estimate of drug-likeness (QED) is 0.637. The molecule has 16 heavy (non-hydrogen) atoms. The molecule has 4 N–H and O–H groups in total. The third-order valence-electron chi connectivity index (χ3n) is 2.45. The number of hydrogen-bond acceptors (Lipinski definition) is 5. The Balaban J connectivity index is 1.98. The Labute approximate surface area is 94.2 Å². The molecule has 1 aromatic rings. The van der Waals surface area contributed by atoms with Crippen LogP contribution in [0, 0.1) is 0 Å². The van der Waals surface area contributed by atoms with E-state index in [1.165, 1.54) is 0 Å². The highest BCUT2D eigenvalue weighted by Crippen LogP contribution is 2.37. The van der Waals surface area contributed by atoms with Crippen LogP contribution in [0.5, 0.6) is 17.2 Å². The predicted octanol–water partition coefficient (Wildman–Crippen LogP) is 0.559. The van der Waals surface area contributed by atoms with Crippen LogP contribution in [-0.4, -0.2) is 25.0 Å². The van der Waals surface area contributed by atoms with Gasteiger partial charge in [-0.25, -0.2) is 0 Å². The van der Waals surface area contributed by atoms with Crippen LogP contribution in [0.15, 0.2) is 12.1 Å². The molecule has 0 aromatic heterocycles. The Bertz CT molecular complexity index is 368. The molecule has 0 unspecified atom stereocenters. The van der Waals surface area contributed by atoms with Gasteiger partial charge in [-0.3, -0.25) is 0 Å². The van der Waals surface area contributed by atoms with Crippen molar-refractivity contribution in [3.05, 3.63) is 17.7 Å². The lowest BCUT2D eigenvalue weighted by molar-refractivity contribution is 0.174. The summed E-state index contributed by atoms with van der Waals surface area (Å²) in [5.41, 5.74) is 6.19. The summed E-state index contributed by atoms with van der Waals surface area (Å²) < 4.78 is 10.4. The van der Waals surface area contributed by atoms with E-state index in [1.54, 1.807) is 12.1 Å². The number of aromatic hydroxyl groups is 1. The molecule has 0 aliphatic carbocycles. The van der Waals surface area contributed by atoms with Crippen molar-refractivity contribution in [3.8, 4) is 17.2 Å². The summed E-state index contributed by atoms with van der Waals surface area (Å²) in [5.74, 6) is 1.51. The second-order valence-corrected chi connectivity index (χ2v) is 3.65. The molecular formula is C11H16N2O3. The van der Waals surface area contributed by atoms with Gasteiger partial charge in [0, 0.05) is 18.2 Å². The largest absolute Gasteiger partial charge is 0.507 e. The van der Waals surface area contributed by atoms with Crippen molar-refractivity contribution in [3.63, 3.8) is 0 Å². The Morgan fingerprint density at radius 1 is 1.31 bits per heavy atom. The summed E-state index contributed by atoms with van der Waals surface area (Å²) in [4.78, 5) is 0. The number of benzene rings is 1. The van der Waals surface area contributed by atoms with Crippen molar-refractivity contribution in [2.75, 3.05) is 19.9 Å². The first-order valence-electron chi connectivity index (χ1n) is 5.33. The SMILES string of the molecule is NCCCNCc1cc2c(cc1O)OCO2. The molecule has 88 valence electrons. The standard InChI is InChI=1S/C11H16N2O3/c12-2-1-3-13-6-8-4-10-11(5-9(8)14)16-7-15-10/h4-5,13-14H,1-3,6-7,12H2. The number of rotatable bonds is 5. The van der Waals surface area contributed by atoms with Crippen LogP contribution < -0.4 is 20.5 Å². The topological polar surface area (TPSA) is 76.7 Å². The average molecular weight is 224 g/mol. The summed E-state index contributed by atoms with van der Waals surface area (Å²) in [7, 11) is 0. The monoisotopic (exact) mass is 224 g/mol. The Kier molecular flexibility index (Phi) is 3.48. The highest BCUT2D eigenvalue weighted by molar-refractivity contribution is 5.51. The zero-order valence-corrected chi connectivity index (χ0v) is 9.03. The van der Waals surface area contributed by atoms with E-state index in [0.717, 1.165) is 18.5 Å². The van der Waals surface area contributed by atoms with E-state index in [2.05, 4.69) is 5.32 Å². The molecule has 0 amide bonds. The van der Waals surface area contributed by atoms with Gasteiger partial charge in [0.15, 0.2) is 11.5 Å². The maximum atomic E-state index is 9.73. The Hall–Kier alpha value is -1.46. The minimum atomic E-state index is 0.221. The third-order valence-corrected chi connectivity index (χ3v) is 2.45. The number of phenols is 1. The van der Waals surface area contributed by atoms with Crippen LogP contribution in [0.2, 0.25) is 0 Å². The van der Waals surface area contributed by atoms with Crippen LogP contribution >= 0.6 is 0 Å². The molecule has 1 aromatic carbocycles. The highest BCUT2D eigenvalue weighted by atomic mass is 16.7. The van der Waals surface area contributed by atoms with Crippen molar-refractivity contribution in [1.29, 1.82) is 0 Å². The minimum Gasteiger partial charge on any atom is -0.507 e. The van der Waals surface area contributed by atoms with Crippen LogP contribution in [0.25, 0.3) is 0 Å². The van der Waals surface area contributed by atoms with Gasteiger partial charge >= 0.3 is 0 Å². The first kappa shape index (κ1) is 11.0. The van der Waals surface area contributed by atoms with E-state index in [1.807, 2.05) is 0 Å². The molecule has 0 atom stereocenters. The fraction of sp³-hybridized carbons (Fsp3) is 0.455. The molecule has 5 nitrogen and oxygen atoms in total. The lowest BCUT2D eigenvalue weighted by atomic mass is 10.1. The van der Waals surface area contributed by atoms with E-state index in [0.29, 0.717) is 24.6 Å². The lowest BCUT2D eigenvalue weighted by Crippen LogP contribution is -2.17. The maximum Gasteiger partial charge on any atom is 0.231 e. The third kappa shape index (κ3) is 2.37. The molecule has 2 rings (SSSR count). The molecule has 1 aliphatic rings. The van der Waals surface area contributed by atoms with Crippen LogP contribution in [-0.2, 0) is 6.54 Å². The van der Waals surface area contributed by atoms with Gasteiger partial charge in [-0.05, 0) is 25.6 Å². The second-order valence-electron chi connectivity index (χ2n) is 3.65. The van der Waals surface area contributed by atoms with E-state index in [9.17, 15) is 5.11 Å². The minimum absolute atomic E-state index is 0.221. The van der Waals surface area contributed by atoms with E-state index in [4.69, 9.17) is 15.2 Å². The molecule has 0 spiro atoms. The average Bonchev–Trinajstić information content (AvgIpc) is 2.71. The van der Waals surface area contributed by atoms with Crippen molar-refractivity contribution in [2.45, 2.75) is 13.0 Å². The highest BCUT2D eigenvalue weighted by Gasteiger charge is 2.16. The molecule has 0 saturated heterocycles. The molecule has 0 bridgehead atoms. The number of nitrogens with one attached hydrogen (secondary N) is 1. The molecule has 0 fully saturated rings. The van der Waals surface area contributed by atoms with Gasteiger partial charge in [0.2, 0.25) is 6.79 Å². The summed E-state index contributed by atoms with van der Waals surface area (Å²) in [6, 6.07) is 3.38. The number of phenolic OH excluding ortho intramolecular Hbond substituents is 1. The summed E-state index contributed by atoms with van der Waals surface area (Å²) in [6.45, 7) is 2.33. The molecule has 0 radical (unpaired) electrons. The molecule has 1 aliphatic heterocycles. The molecular weight excluding hydrogens is 208 g/mol. The van der Waals surface area contributed by atoms with Crippen LogP contribution in [0.4, 0.5) is 0 Å². The lowest BCUT2D eigenvalue weighted by Gasteiger charge is -2.07. The van der Waals surface area contributed by atoms with Gasteiger partial charge in [0.25, 0.3) is 0 Å². The van der Waals surface area contributed by atoms with E-state index < -0.39 is 0 Å². The number of nitrogens with two attached hydrogens (primary N) is 1.